The highest BCUT2D eigenvalue weighted by atomic mass is 16.6. The fraction of sp³-hybridized carbons (Fsp3) is 1.00. The monoisotopic (exact) mass is 145 g/mol. The van der Waals surface area contributed by atoms with Crippen molar-refractivity contribution in [2.45, 2.75) is 25.5 Å². The van der Waals surface area contributed by atoms with Crippen LogP contribution in [0.15, 0.2) is 0 Å². The van der Waals surface area contributed by atoms with E-state index in [0.29, 0.717) is 19.8 Å². The Labute approximate surface area is 61.5 Å². The first-order valence-electron chi connectivity index (χ1n) is 3.79. The molecule has 2 atom stereocenters. The summed E-state index contributed by atoms with van der Waals surface area (Å²) in [7, 11) is 0. The molecule has 10 heavy (non-hydrogen) atoms. The quantitative estimate of drug-likeness (QED) is 0.601. The lowest BCUT2D eigenvalue weighted by molar-refractivity contribution is -0.0971. The van der Waals surface area contributed by atoms with Gasteiger partial charge in [-0.25, -0.2) is 0 Å². The van der Waals surface area contributed by atoms with Gasteiger partial charge in [-0.2, -0.15) is 0 Å². The SMILES string of the molecule is CCC(N)C1COCCO1. The normalized spacial score (nSPS) is 30.0. The molecule has 60 valence electrons. The van der Waals surface area contributed by atoms with E-state index < -0.39 is 0 Å². The maximum absolute atomic E-state index is 5.74. The van der Waals surface area contributed by atoms with Gasteiger partial charge in [0.15, 0.2) is 0 Å². The molecule has 0 spiro atoms. The van der Waals surface area contributed by atoms with Gasteiger partial charge in [-0.15, -0.1) is 0 Å². The van der Waals surface area contributed by atoms with Crippen molar-refractivity contribution in [3.05, 3.63) is 0 Å². The Balaban J connectivity index is 2.24. The van der Waals surface area contributed by atoms with Crippen molar-refractivity contribution >= 4 is 0 Å². The van der Waals surface area contributed by atoms with Crippen LogP contribution >= 0.6 is 0 Å². The van der Waals surface area contributed by atoms with Crippen molar-refractivity contribution < 1.29 is 9.47 Å². The van der Waals surface area contributed by atoms with E-state index in [9.17, 15) is 0 Å². The third kappa shape index (κ3) is 1.94. The van der Waals surface area contributed by atoms with Crippen LogP contribution in [-0.2, 0) is 9.47 Å². The Hall–Kier alpha value is -0.120. The molecule has 0 radical (unpaired) electrons. The zero-order valence-electron chi connectivity index (χ0n) is 6.38. The van der Waals surface area contributed by atoms with Crippen molar-refractivity contribution in [2.24, 2.45) is 5.73 Å². The van der Waals surface area contributed by atoms with E-state index in [1.807, 2.05) is 0 Å². The molecule has 0 amide bonds. The number of hydrogen-bond acceptors (Lipinski definition) is 3. The molecule has 1 heterocycles. The molecule has 0 aromatic heterocycles. The minimum Gasteiger partial charge on any atom is -0.376 e. The molecule has 0 bridgehead atoms. The van der Waals surface area contributed by atoms with Crippen LogP contribution in [-0.4, -0.2) is 32.0 Å². The minimum atomic E-state index is 0.124. The van der Waals surface area contributed by atoms with Gasteiger partial charge in [0.25, 0.3) is 0 Å². The highest BCUT2D eigenvalue weighted by molar-refractivity contribution is 4.73. The van der Waals surface area contributed by atoms with E-state index in [2.05, 4.69) is 6.92 Å². The number of nitrogens with two attached hydrogens (primary N) is 1. The summed E-state index contributed by atoms with van der Waals surface area (Å²) in [5.74, 6) is 0. The Morgan fingerprint density at radius 2 is 2.40 bits per heavy atom. The van der Waals surface area contributed by atoms with Crippen LogP contribution in [0.3, 0.4) is 0 Å². The van der Waals surface area contributed by atoms with Crippen LogP contribution in [0.1, 0.15) is 13.3 Å². The topological polar surface area (TPSA) is 44.5 Å². The first-order chi connectivity index (χ1) is 4.84. The molecule has 2 unspecified atom stereocenters. The fourth-order valence-corrected chi connectivity index (χ4v) is 1.02. The molecule has 3 nitrogen and oxygen atoms in total. The second-order valence-electron chi connectivity index (χ2n) is 2.56. The second kappa shape index (κ2) is 3.91. The zero-order chi connectivity index (χ0) is 7.40. The zero-order valence-corrected chi connectivity index (χ0v) is 6.38. The average molecular weight is 145 g/mol. The summed E-state index contributed by atoms with van der Waals surface area (Å²) in [6.45, 7) is 4.13. The maximum Gasteiger partial charge on any atom is 0.0959 e. The van der Waals surface area contributed by atoms with Crippen LogP contribution in [0, 0.1) is 0 Å². The van der Waals surface area contributed by atoms with Gasteiger partial charge >= 0.3 is 0 Å². The lowest BCUT2D eigenvalue weighted by Gasteiger charge is -2.27. The standard InChI is InChI=1S/C7H15NO2/c1-2-6(8)7-5-9-3-4-10-7/h6-7H,2-5,8H2,1H3. The van der Waals surface area contributed by atoms with E-state index in [0.717, 1.165) is 6.42 Å². The van der Waals surface area contributed by atoms with E-state index in [4.69, 9.17) is 15.2 Å². The van der Waals surface area contributed by atoms with E-state index in [1.165, 1.54) is 0 Å². The van der Waals surface area contributed by atoms with Gasteiger partial charge in [0.05, 0.1) is 25.9 Å². The molecule has 1 fully saturated rings. The summed E-state index contributed by atoms with van der Waals surface area (Å²) in [5, 5.41) is 0. The van der Waals surface area contributed by atoms with Gasteiger partial charge in [-0.05, 0) is 6.42 Å². The average Bonchev–Trinajstić information content (AvgIpc) is 2.05. The number of rotatable bonds is 2. The van der Waals surface area contributed by atoms with Gasteiger partial charge in [-0.3, -0.25) is 0 Å². The first-order valence-corrected chi connectivity index (χ1v) is 3.79. The molecule has 1 aliphatic heterocycles. The van der Waals surface area contributed by atoms with Gasteiger partial charge < -0.3 is 15.2 Å². The lowest BCUT2D eigenvalue weighted by atomic mass is 10.1. The van der Waals surface area contributed by atoms with Crippen LogP contribution in [0.2, 0.25) is 0 Å². The molecular formula is C7H15NO2. The molecule has 3 heteroatoms. The third-order valence-corrected chi connectivity index (χ3v) is 1.79. The van der Waals surface area contributed by atoms with Crippen LogP contribution in [0.4, 0.5) is 0 Å². The predicted octanol–water partition coefficient (Wildman–Crippen LogP) is 0.139. The van der Waals surface area contributed by atoms with E-state index >= 15 is 0 Å². The lowest BCUT2D eigenvalue weighted by Crippen LogP contribution is -2.43. The Kier molecular flexibility index (Phi) is 3.12. The first kappa shape index (κ1) is 7.98. The van der Waals surface area contributed by atoms with Gasteiger partial charge in [0.1, 0.15) is 0 Å². The van der Waals surface area contributed by atoms with Crippen molar-refractivity contribution in [1.82, 2.24) is 0 Å². The van der Waals surface area contributed by atoms with Crippen LogP contribution < -0.4 is 5.73 Å². The molecule has 0 aromatic carbocycles. The van der Waals surface area contributed by atoms with Gasteiger partial charge in [0.2, 0.25) is 0 Å². The summed E-state index contributed by atoms with van der Waals surface area (Å²) >= 11 is 0. The second-order valence-corrected chi connectivity index (χ2v) is 2.56. The Bertz CT molecular complexity index is 91.6. The maximum atomic E-state index is 5.74. The summed E-state index contributed by atoms with van der Waals surface area (Å²) in [5.41, 5.74) is 5.74. The molecule has 2 N–H and O–H groups in total. The van der Waals surface area contributed by atoms with Gasteiger partial charge in [0, 0.05) is 6.04 Å². The number of hydrogen-bond donors (Lipinski definition) is 1. The number of ether oxygens (including phenoxy) is 2. The van der Waals surface area contributed by atoms with Crippen LogP contribution in [0.25, 0.3) is 0 Å². The molecule has 0 aromatic rings. The Morgan fingerprint density at radius 3 is 2.90 bits per heavy atom. The Morgan fingerprint density at radius 1 is 1.60 bits per heavy atom. The predicted molar refractivity (Wildman–Crippen MR) is 38.8 cm³/mol. The largest absolute Gasteiger partial charge is 0.376 e. The molecular weight excluding hydrogens is 130 g/mol. The summed E-state index contributed by atoms with van der Waals surface area (Å²) in [6, 6.07) is 0.139. The van der Waals surface area contributed by atoms with Crippen LogP contribution in [0.5, 0.6) is 0 Å². The highest BCUT2D eigenvalue weighted by Gasteiger charge is 2.19. The fourth-order valence-electron chi connectivity index (χ4n) is 1.02. The van der Waals surface area contributed by atoms with Crippen molar-refractivity contribution in [1.29, 1.82) is 0 Å². The highest BCUT2D eigenvalue weighted by Crippen LogP contribution is 2.05. The van der Waals surface area contributed by atoms with E-state index in [1.54, 1.807) is 0 Å². The van der Waals surface area contributed by atoms with Crippen molar-refractivity contribution in [3.63, 3.8) is 0 Å². The molecule has 1 rings (SSSR count). The summed E-state index contributed by atoms with van der Waals surface area (Å²) < 4.78 is 10.6. The van der Waals surface area contributed by atoms with Crippen molar-refractivity contribution in [3.8, 4) is 0 Å². The van der Waals surface area contributed by atoms with E-state index in [-0.39, 0.29) is 12.1 Å². The summed E-state index contributed by atoms with van der Waals surface area (Å²) in [6.07, 6.45) is 1.08. The summed E-state index contributed by atoms with van der Waals surface area (Å²) in [4.78, 5) is 0. The molecule has 0 saturated carbocycles. The molecule has 1 saturated heterocycles. The molecule has 0 aliphatic carbocycles. The third-order valence-electron chi connectivity index (χ3n) is 1.79. The molecule has 1 aliphatic rings. The van der Waals surface area contributed by atoms with Crippen molar-refractivity contribution in [2.75, 3.05) is 19.8 Å². The smallest absolute Gasteiger partial charge is 0.0959 e. The van der Waals surface area contributed by atoms with Gasteiger partial charge in [-0.1, -0.05) is 6.92 Å². The minimum absolute atomic E-state index is 0.124.